The fourth-order valence-corrected chi connectivity index (χ4v) is 6.28. The van der Waals surface area contributed by atoms with Gasteiger partial charge in [0.25, 0.3) is 0 Å². The van der Waals surface area contributed by atoms with Crippen molar-refractivity contribution in [2.45, 2.75) is 38.8 Å². The standard InChI is InChI=1S/C13H16BrNO4.C12H14BrNO4.C7H6BrNO3/c1-18-13(17)10-7-15(8-11(14)12(10)16)6-9-2-4-19-5-3-9;13-10-7-14(5-8-1-3-18-4-2-8)6-9(11(10)15)12(16)17;1-12-7(11)4-2-9-3-5(8)6(4)10/h7-9H,2-6H2,1H3;6-8H,1-5H2,(H,16,17);2-3H,1H3,(H,9,10). The highest BCUT2D eigenvalue weighted by Gasteiger charge is 2.19. The second-order valence-corrected chi connectivity index (χ2v) is 13.6. The molecule has 0 atom stereocenters. The average Bonchev–Trinajstić information content (AvgIpc) is 3.09. The Labute approximate surface area is 306 Å². The van der Waals surface area contributed by atoms with Crippen LogP contribution in [0.1, 0.15) is 56.8 Å². The first kappa shape index (κ1) is 40.1. The molecule has 0 unspecified atom stereocenters. The van der Waals surface area contributed by atoms with Crippen LogP contribution in [0.3, 0.4) is 0 Å². The highest BCUT2D eigenvalue weighted by Crippen LogP contribution is 2.19. The number of aromatic carboxylic acids is 1. The predicted molar refractivity (Wildman–Crippen MR) is 188 cm³/mol. The molecule has 2 fully saturated rings. The van der Waals surface area contributed by atoms with Crippen molar-refractivity contribution in [3.05, 3.63) is 98.0 Å². The molecular weight excluding hydrogens is 842 g/mol. The van der Waals surface area contributed by atoms with Crippen LogP contribution in [0.4, 0.5) is 0 Å². The second-order valence-electron chi connectivity index (χ2n) is 11.0. The molecule has 14 nitrogen and oxygen atoms in total. The molecule has 266 valence electrons. The molecule has 2 N–H and O–H groups in total. The summed E-state index contributed by atoms with van der Waals surface area (Å²) in [5.41, 5.74) is -1.34. The molecule has 49 heavy (non-hydrogen) atoms. The lowest BCUT2D eigenvalue weighted by atomic mass is 10.0. The highest BCUT2D eigenvalue weighted by atomic mass is 79.9. The van der Waals surface area contributed by atoms with Gasteiger partial charge < -0.3 is 38.2 Å². The summed E-state index contributed by atoms with van der Waals surface area (Å²) in [6.45, 7) is 4.52. The third-order valence-electron chi connectivity index (χ3n) is 7.63. The van der Waals surface area contributed by atoms with E-state index >= 15 is 0 Å². The Kier molecular flexibility index (Phi) is 16.1. The van der Waals surface area contributed by atoms with Crippen molar-refractivity contribution in [3.63, 3.8) is 0 Å². The van der Waals surface area contributed by atoms with Crippen molar-refractivity contribution < 1.29 is 38.4 Å². The number of aromatic nitrogens is 3. The van der Waals surface area contributed by atoms with Crippen molar-refractivity contribution in [2.24, 2.45) is 11.8 Å². The van der Waals surface area contributed by atoms with Crippen molar-refractivity contribution in [2.75, 3.05) is 40.6 Å². The van der Waals surface area contributed by atoms with Crippen LogP contribution in [0.25, 0.3) is 0 Å². The minimum absolute atomic E-state index is 0.00752. The molecule has 2 aliphatic heterocycles. The summed E-state index contributed by atoms with van der Waals surface area (Å²) >= 11 is 9.29. The van der Waals surface area contributed by atoms with E-state index in [2.05, 4.69) is 62.2 Å². The summed E-state index contributed by atoms with van der Waals surface area (Å²) in [6, 6.07) is 0. The Hall–Kier alpha value is -3.38. The van der Waals surface area contributed by atoms with E-state index in [4.69, 9.17) is 14.6 Å². The normalized spacial score (nSPS) is 14.8. The van der Waals surface area contributed by atoms with Gasteiger partial charge >= 0.3 is 17.9 Å². The van der Waals surface area contributed by atoms with E-state index in [0.29, 0.717) is 27.3 Å². The number of pyridine rings is 3. The number of carbonyl (C=O) groups is 3. The molecule has 0 amide bonds. The van der Waals surface area contributed by atoms with E-state index in [1.807, 2.05) is 4.57 Å². The molecule has 0 saturated carbocycles. The van der Waals surface area contributed by atoms with Crippen LogP contribution in [-0.2, 0) is 32.0 Å². The van der Waals surface area contributed by atoms with E-state index in [1.165, 1.54) is 32.8 Å². The van der Waals surface area contributed by atoms with E-state index in [0.717, 1.165) is 58.7 Å². The van der Waals surface area contributed by atoms with Crippen molar-refractivity contribution in [1.29, 1.82) is 0 Å². The minimum atomic E-state index is -1.19. The Balaban J connectivity index is 0.000000204. The minimum Gasteiger partial charge on any atom is -0.477 e. The fourth-order valence-electron chi connectivity index (χ4n) is 4.98. The van der Waals surface area contributed by atoms with Gasteiger partial charge in [0, 0.05) is 76.7 Å². The number of aromatic amines is 1. The van der Waals surface area contributed by atoms with Gasteiger partial charge in [0.05, 0.1) is 27.6 Å². The van der Waals surface area contributed by atoms with Crippen LogP contribution in [0, 0.1) is 11.8 Å². The van der Waals surface area contributed by atoms with Gasteiger partial charge in [-0.05, 0) is 85.3 Å². The summed E-state index contributed by atoms with van der Waals surface area (Å²) < 4.78 is 24.2. The lowest BCUT2D eigenvalue weighted by Gasteiger charge is -2.23. The Bertz CT molecular complexity index is 1790. The van der Waals surface area contributed by atoms with Crippen LogP contribution in [0.15, 0.2) is 65.0 Å². The molecule has 0 radical (unpaired) electrons. The number of rotatable bonds is 7. The van der Waals surface area contributed by atoms with Gasteiger partial charge in [-0.3, -0.25) is 14.4 Å². The van der Waals surface area contributed by atoms with Gasteiger partial charge in [-0.15, -0.1) is 0 Å². The molecule has 0 aromatic carbocycles. The number of carboxylic acids is 1. The van der Waals surface area contributed by atoms with Gasteiger partial charge in [0.15, 0.2) is 0 Å². The smallest absolute Gasteiger partial charge is 0.343 e. The SMILES string of the molecule is COC(=O)c1c[nH]cc(Br)c1=O.COC(=O)c1cn(CC2CCOCC2)cc(Br)c1=O.O=C(O)c1cn(CC2CCOCC2)cc(Br)c1=O. The summed E-state index contributed by atoms with van der Waals surface area (Å²) in [6.07, 6.45) is 13.0. The van der Waals surface area contributed by atoms with Crippen LogP contribution in [0.5, 0.6) is 0 Å². The lowest BCUT2D eigenvalue weighted by Crippen LogP contribution is -2.24. The molecule has 0 aliphatic carbocycles. The highest BCUT2D eigenvalue weighted by molar-refractivity contribution is 9.11. The zero-order chi connectivity index (χ0) is 36.1. The lowest BCUT2D eigenvalue weighted by molar-refractivity contribution is 0.0584. The zero-order valence-corrected chi connectivity index (χ0v) is 31.5. The number of carbonyl (C=O) groups excluding carboxylic acids is 2. The molecule has 0 spiro atoms. The number of hydrogen-bond donors (Lipinski definition) is 2. The first-order valence-electron chi connectivity index (χ1n) is 15.1. The molecule has 5 heterocycles. The number of halogens is 3. The van der Waals surface area contributed by atoms with Gasteiger partial charge in [-0.1, -0.05) is 0 Å². The van der Waals surface area contributed by atoms with Gasteiger partial charge in [-0.2, -0.15) is 0 Å². The fraction of sp³-hybridized carbons (Fsp3) is 0.438. The maximum atomic E-state index is 11.8. The van der Waals surface area contributed by atoms with Crippen LogP contribution in [-0.4, -0.2) is 77.8 Å². The van der Waals surface area contributed by atoms with Crippen molar-refractivity contribution in [3.8, 4) is 0 Å². The number of hydrogen-bond acceptors (Lipinski definition) is 10. The number of nitrogens with one attached hydrogen (secondary N) is 1. The predicted octanol–water partition coefficient (Wildman–Crippen LogP) is 4.48. The topological polar surface area (TPSA) is 185 Å². The van der Waals surface area contributed by atoms with Crippen LogP contribution >= 0.6 is 47.8 Å². The third-order valence-corrected chi connectivity index (χ3v) is 9.35. The van der Waals surface area contributed by atoms with Crippen LogP contribution in [0.2, 0.25) is 0 Å². The Morgan fingerprint density at radius 3 is 1.55 bits per heavy atom. The van der Waals surface area contributed by atoms with Gasteiger partial charge in [0.1, 0.15) is 16.7 Å². The third kappa shape index (κ3) is 11.9. The summed E-state index contributed by atoms with van der Waals surface area (Å²) in [7, 11) is 2.49. The molecule has 2 aliphatic rings. The quantitative estimate of drug-likeness (QED) is 0.319. The molecule has 3 aromatic rings. The Morgan fingerprint density at radius 1 is 0.694 bits per heavy atom. The van der Waals surface area contributed by atoms with Gasteiger partial charge in [0.2, 0.25) is 16.3 Å². The summed E-state index contributed by atoms with van der Waals surface area (Å²) in [4.78, 5) is 70.7. The largest absolute Gasteiger partial charge is 0.477 e. The van der Waals surface area contributed by atoms with Crippen molar-refractivity contribution in [1.82, 2.24) is 14.1 Å². The first-order chi connectivity index (χ1) is 23.4. The van der Waals surface area contributed by atoms with E-state index < -0.39 is 23.3 Å². The molecule has 2 saturated heterocycles. The van der Waals surface area contributed by atoms with Crippen molar-refractivity contribution >= 4 is 65.7 Å². The number of ether oxygens (including phenoxy) is 4. The average molecular weight is 878 g/mol. The summed E-state index contributed by atoms with van der Waals surface area (Å²) in [5, 5.41) is 8.97. The molecule has 3 aromatic heterocycles. The number of carboxylic acid groups (broad SMARTS) is 1. The molecule has 5 rings (SSSR count). The zero-order valence-electron chi connectivity index (χ0n) is 26.7. The maximum Gasteiger partial charge on any atom is 0.343 e. The monoisotopic (exact) mass is 875 g/mol. The molecular formula is C32H36Br3N3O11. The number of esters is 2. The number of H-pyrrole nitrogens is 1. The number of nitrogens with zero attached hydrogens (tertiary/aromatic N) is 2. The Morgan fingerprint density at radius 2 is 1.10 bits per heavy atom. The van der Waals surface area contributed by atoms with E-state index in [-0.39, 0.29) is 32.0 Å². The second kappa shape index (κ2) is 19.7. The van der Waals surface area contributed by atoms with E-state index in [1.54, 1.807) is 23.2 Å². The van der Waals surface area contributed by atoms with Crippen LogP contribution < -0.4 is 16.3 Å². The first-order valence-corrected chi connectivity index (χ1v) is 17.4. The molecule has 0 bridgehead atoms. The van der Waals surface area contributed by atoms with E-state index in [9.17, 15) is 28.8 Å². The maximum absolute atomic E-state index is 11.8. The molecule has 17 heteroatoms. The van der Waals surface area contributed by atoms with Gasteiger partial charge in [-0.25, -0.2) is 14.4 Å². The summed E-state index contributed by atoms with van der Waals surface area (Å²) in [5.74, 6) is -1.46. The number of methoxy groups -OCH3 is 2.